The van der Waals surface area contributed by atoms with Crippen molar-refractivity contribution in [3.05, 3.63) is 59.4 Å². The number of carbonyl (C=O) groups excluding carboxylic acids is 2. The van der Waals surface area contributed by atoms with Gasteiger partial charge >= 0.3 is 0 Å². The predicted octanol–water partition coefficient (Wildman–Crippen LogP) is 3.38. The van der Waals surface area contributed by atoms with Crippen LogP contribution < -0.4 is 10.1 Å². The molecule has 1 aliphatic rings. The SMILES string of the molecule is COc1ccc(CN(C)C(=O)CCC2Cc3ccccc3NC2=O)cc1F. The Bertz CT molecular complexity index is 853. The van der Waals surface area contributed by atoms with E-state index in [-0.39, 0.29) is 29.9 Å². The average molecular weight is 370 g/mol. The number of halogens is 1. The molecular weight excluding hydrogens is 347 g/mol. The summed E-state index contributed by atoms with van der Waals surface area (Å²) in [5.74, 6) is -0.598. The third kappa shape index (κ3) is 4.45. The molecule has 0 aromatic heterocycles. The van der Waals surface area contributed by atoms with Crippen LogP contribution in [-0.2, 0) is 22.6 Å². The van der Waals surface area contributed by atoms with Gasteiger partial charge in [0.15, 0.2) is 11.6 Å². The van der Waals surface area contributed by atoms with Crippen LogP contribution in [0.2, 0.25) is 0 Å². The third-order valence-electron chi connectivity index (χ3n) is 4.88. The largest absolute Gasteiger partial charge is 0.494 e. The molecule has 1 atom stereocenters. The van der Waals surface area contributed by atoms with Crippen LogP contribution in [0.5, 0.6) is 5.75 Å². The van der Waals surface area contributed by atoms with Crippen molar-refractivity contribution >= 4 is 17.5 Å². The van der Waals surface area contributed by atoms with Gasteiger partial charge < -0.3 is 15.0 Å². The number of fused-ring (bicyclic) bond motifs is 1. The molecule has 0 saturated heterocycles. The molecule has 1 N–H and O–H groups in total. The molecule has 5 nitrogen and oxygen atoms in total. The van der Waals surface area contributed by atoms with Gasteiger partial charge in [-0.25, -0.2) is 4.39 Å². The van der Waals surface area contributed by atoms with E-state index in [9.17, 15) is 14.0 Å². The molecule has 2 aromatic rings. The number of carbonyl (C=O) groups is 2. The first-order valence-electron chi connectivity index (χ1n) is 8.93. The lowest BCUT2D eigenvalue weighted by molar-refractivity contribution is -0.131. The molecular formula is C21H23FN2O3. The fourth-order valence-electron chi connectivity index (χ4n) is 3.31. The van der Waals surface area contributed by atoms with Crippen molar-refractivity contribution in [2.75, 3.05) is 19.5 Å². The highest BCUT2D eigenvalue weighted by atomic mass is 19.1. The van der Waals surface area contributed by atoms with Crippen molar-refractivity contribution in [1.29, 1.82) is 0 Å². The van der Waals surface area contributed by atoms with Gasteiger partial charge in [-0.15, -0.1) is 0 Å². The molecule has 0 radical (unpaired) electrons. The molecule has 0 saturated carbocycles. The second-order valence-corrected chi connectivity index (χ2v) is 6.80. The van der Waals surface area contributed by atoms with Gasteiger partial charge in [-0.3, -0.25) is 9.59 Å². The topological polar surface area (TPSA) is 58.6 Å². The molecule has 0 fully saturated rings. The second-order valence-electron chi connectivity index (χ2n) is 6.80. The second kappa shape index (κ2) is 8.20. The van der Waals surface area contributed by atoms with E-state index in [1.165, 1.54) is 13.2 Å². The molecule has 1 aliphatic heterocycles. The van der Waals surface area contributed by atoms with Crippen molar-refractivity contribution < 1.29 is 18.7 Å². The van der Waals surface area contributed by atoms with Gasteiger partial charge in [-0.1, -0.05) is 24.3 Å². The number of hydrogen-bond donors (Lipinski definition) is 1. The first-order valence-corrected chi connectivity index (χ1v) is 8.93. The van der Waals surface area contributed by atoms with E-state index in [1.807, 2.05) is 24.3 Å². The lowest BCUT2D eigenvalue weighted by Gasteiger charge is -2.25. The monoisotopic (exact) mass is 370 g/mol. The Morgan fingerprint density at radius 3 is 2.81 bits per heavy atom. The highest BCUT2D eigenvalue weighted by Crippen LogP contribution is 2.27. The number of rotatable bonds is 6. The maximum absolute atomic E-state index is 13.8. The molecule has 3 rings (SSSR count). The molecule has 1 unspecified atom stereocenters. The van der Waals surface area contributed by atoms with Gasteiger partial charge in [0.1, 0.15) is 0 Å². The number of benzene rings is 2. The van der Waals surface area contributed by atoms with Gasteiger partial charge in [0.2, 0.25) is 11.8 Å². The van der Waals surface area contributed by atoms with Crippen LogP contribution >= 0.6 is 0 Å². The number of methoxy groups -OCH3 is 1. The van der Waals surface area contributed by atoms with Crippen LogP contribution in [0.1, 0.15) is 24.0 Å². The molecule has 0 aliphatic carbocycles. The lowest BCUT2D eigenvalue weighted by atomic mass is 9.89. The summed E-state index contributed by atoms with van der Waals surface area (Å²) in [6.07, 6.45) is 1.40. The summed E-state index contributed by atoms with van der Waals surface area (Å²) in [6, 6.07) is 12.4. The van der Waals surface area contributed by atoms with E-state index >= 15 is 0 Å². The number of hydrogen-bond acceptors (Lipinski definition) is 3. The lowest BCUT2D eigenvalue weighted by Crippen LogP contribution is -2.32. The highest BCUT2D eigenvalue weighted by molar-refractivity contribution is 5.96. The first-order chi connectivity index (χ1) is 13.0. The summed E-state index contributed by atoms with van der Waals surface area (Å²) in [5.41, 5.74) is 2.63. The molecule has 0 bridgehead atoms. The van der Waals surface area contributed by atoms with Gasteiger partial charge in [0.05, 0.1) is 7.11 Å². The van der Waals surface area contributed by atoms with E-state index in [1.54, 1.807) is 24.1 Å². The normalized spacial score (nSPS) is 15.7. The maximum atomic E-state index is 13.8. The summed E-state index contributed by atoms with van der Waals surface area (Å²) in [6.45, 7) is 0.305. The van der Waals surface area contributed by atoms with Gasteiger partial charge in [0, 0.05) is 31.6 Å². The Balaban J connectivity index is 1.54. The van der Waals surface area contributed by atoms with Crippen molar-refractivity contribution in [3.8, 4) is 5.75 Å². The van der Waals surface area contributed by atoms with E-state index in [0.717, 1.165) is 11.3 Å². The number of nitrogens with zero attached hydrogens (tertiary/aromatic N) is 1. The van der Waals surface area contributed by atoms with Crippen LogP contribution in [0.3, 0.4) is 0 Å². The van der Waals surface area contributed by atoms with Crippen molar-refractivity contribution in [2.45, 2.75) is 25.8 Å². The van der Waals surface area contributed by atoms with Crippen LogP contribution in [0.4, 0.5) is 10.1 Å². The minimum atomic E-state index is -0.451. The van der Waals surface area contributed by atoms with E-state index < -0.39 is 5.82 Å². The fraction of sp³-hybridized carbons (Fsp3) is 0.333. The summed E-state index contributed by atoms with van der Waals surface area (Å²) in [5, 5.41) is 2.90. The Kier molecular flexibility index (Phi) is 5.74. The van der Waals surface area contributed by atoms with Crippen molar-refractivity contribution in [3.63, 3.8) is 0 Å². The molecule has 0 spiro atoms. The smallest absolute Gasteiger partial charge is 0.227 e. The Morgan fingerprint density at radius 2 is 2.07 bits per heavy atom. The Labute approximate surface area is 158 Å². The summed E-state index contributed by atoms with van der Waals surface area (Å²) >= 11 is 0. The average Bonchev–Trinajstić information content (AvgIpc) is 2.66. The third-order valence-corrected chi connectivity index (χ3v) is 4.88. The van der Waals surface area contributed by atoms with E-state index in [4.69, 9.17) is 4.74 Å². The number of amides is 2. The number of nitrogens with one attached hydrogen (secondary N) is 1. The zero-order valence-electron chi connectivity index (χ0n) is 15.5. The Hall–Kier alpha value is -2.89. The molecule has 2 amide bonds. The number of para-hydroxylation sites is 1. The number of ether oxygens (including phenoxy) is 1. The standard InChI is InChI=1S/C21H23FN2O3/c1-24(13-14-7-9-19(27-2)17(22)11-14)20(25)10-8-16-12-15-5-3-4-6-18(15)23-21(16)26/h3-7,9,11,16H,8,10,12-13H2,1-2H3,(H,23,26). The van der Waals surface area contributed by atoms with Crippen molar-refractivity contribution in [1.82, 2.24) is 4.90 Å². The minimum Gasteiger partial charge on any atom is -0.494 e. The van der Waals surface area contributed by atoms with Gasteiger partial charge in [-0.2, -0.15) is 0 Å². The zero-order chi connectivity index (χ0) is 19.4. The van der Waals surface area contributed by atoms with Crippen molar-refractivity contribution in [2.24, 2.45) is 5.92 Å². The van der Waals surface area contributed by atoms with E-state index in [0.29, 0.717) is 24.9 Å². The molecule has 1 heterocycles. The summed E-state index contributed by atoms with van der Waals surface area (Å²) in [7, 11) is 3.09. The molecule has 6 heteroatoms. The van der Waals surface area contributed by atoms with E-state index in [2.05, 4.69) is 5.32 Å². The maximum Gasteiger partial charge on any atom is 0.227 e. The van der Waals surface area contributed by atoms with Gasteiger partial charge in [-0.05, 0) is 42.2 Å². The summed E-state index contributed by atoms with van der Waals surface area (Å²) < 4.78 is 18.7. The molecule has 142 valence electrons. The molecule has 27 heavy (non-hydrogen) atoms. The van der Waals surface area contributed by atoms with Crippen LogP contribution in [-0.4, -0.2) is 30.9 Å². The minimum absolute atomic E-state index is 0.0404. The first kappa shape index (κ1) is 18.9. The molecule has 2 aromatic carbocycles. The van der Waals surface area contributed by atoms with Crippen LogP contribution in [0.25, 0.3) is 0 Å². The predicted molar refractivity (Wildman–Crippen MR) is 101 cm³/mol. The van der Waals surface area contributed by atoms with Gasteiger partial charge in [0.25, 0.3) is 0 Å². The Morgan fingerprint density at radius 1 is 1.30 bits per heavy atom. The van der Waals surface area contributed by atoms with Crippen LogP contribution in [0.15, 0.2) is 42.5 Å². The fourth-order valence-corrected chi connectivity index (χ4v) is 3.31. The number of anilines is 1. The summed E-state index contributed by atoms with van der Waals surface area (Å²) in [4.78, 5) is 26.2. The zero-order valence-corrected chi connectivity index (χ0v) is 15.5. The highest BCUT2D eigenvalue weighted by Gasteiger charge is 2.26. The van der Waals surface area contributed by atoms with Crippen LogP contribution in [0, 0.1) is 11.7 Å². The quantitative estimate of drug-likeness (QED) is 0.848.